The Morgan fingerprint density at radius 1 is 1.00 bits per heavy atom. The highest BCUT2D eigenvalue weighted by atomic mass is 16.1. The van der Waals surface area contributed by atoms with E-state index >= 15 is 0 Å². The van der Waals surface area contributed by atoms with Crippen LogP contribution in [0.1, 0.15) is 24.0 Å². The third kappa shape index (κ3) is 4.62. The standard InChI is InChI=1S/C24H26N4O/c1-17-11-18(2)13-22(12-17)27-23(29)20-9-6-10-28(16-20)24-25-14-21(15-26-24)19-7-4-3-5-8-19/h3-5,7-8,11-15,20H,6,9-10,16H2,1-2H3,(H,27,29)/t20-/m1/s1. The molecule has 0 radical (unpaired) electrons. The first kappa shape index (κ1) is 19.1. The van der Waals surface area contributed by atoms with Gasteiger partial charge in [-0.15, -0.1) is 0 Å². The van der Waals surface area contributed by atoms with Gasteiger partial charge in [-0.25, -0.2) is 9.97 Å². The fourth-order valence-electron chi connectivity index (χ4n) is 3.93. The van der Waals surface area contributed by atoms with Gasteiger partial charge in [0.25, 0.3) is 0 Å². The summed E-state index contributed by atoms with van der Waals surface area (Å²) < 4.78 is 0. The first-order valence-corrected chi connectivity index (χ1v) is 10.1. The van der Waals surface area contributed by atoms with Crippen molar-refractivity contribution in [3.05, 3.63) is 72.1 Å². The summed E-state index contributed by atoms with van der Waals surface area (Å²) >= 11 is 0. The van der Waals surface area contributed by atoms with Crippen LogP contribution in [0.2, 0.25) is 0 Å². The van der Waals surface area contributed by atoms with Gasteiger partial charge in [0.05, 0.1) is 5.92 Å². The average molecular weight is 386 g/mol. The molecule has 2 heterocycles. The zero-order valence-electron chi connectivity index (χ0n) is 16.9. The smallest absolute Gasteiger partial charge is 0.229 e. The van der Waals surface area contributed by atoms with Crippen molar-refractivity contribution in [2.45, 2.75) is 26.7 Å². The molecule has 29 heavy (non-hydrogen) atoms. The molecule has 1 fully saturated rings. The average Bonchev–Trinajstić information content (AvgIpc) is 2.74. The van der Waals surface area contributed by atoms with Crippen LogP contribution in [-0.2, 0) is 4.79 Å². The van der Waals surface area contributed by atoms with E-state index < -0.39 is 0 Å². The van der Waals surface area contributed by atoms with Crippen molar-refractivity contribution < 1.29 is 4.79 Å². The predicted molar refractivity (Wildman–Crippen MR) is 117 cm³/mol. The van der Waals surface area contributed by atoms with Crippen molar-refractivity contribution in [1.82, 2.24) is 9.97 Å². The lowest BCUT2D eigenvalue weighted by atomic mass is 9.97. The number of carbonyl (C=O) groups excluding carboxylic acids is 1. The van der Waals surface area contributed by atoms with Gasteiger partial charge in [0.15, 0.2) is 0 Å². The highest BCUT2D eigenvalue weighted by Gasteiger charge is 2.27. The maximum absolute atomic E-state index is 12.8. The number of aromatic nitrogens is 2. The number of hydrogen-bond acceptors (Lipinski definition) is 4. The van der Waals surface area contributed by atoms with Crippen LogP contribution in [0.5, 0.6) is 0 Å². The summed E-state index contributed by atoms with van der Waals surface area (Å²) in [6.07, 6.45) is 5.55. The van der Waals surface area contributed by atoms with Crippen molar-refractivity contribution in [3.8, 4) is 11.1 Å². The fourth-order valence-corrected chi connectivity index (χ4v) is 3.93. The highest BCUT2D eigenvalue weighted by Crippen LogP contribution is 2.24. The molecule has 1 atom stereocenters. The molecule has 0 unspecified atom stereocenters. The normalized spacial score (nSPS) is 16.5. The van der Waals surface area contributed by atoms with E-state index in [9.17, 15) is 4.79 Å². The molecule has 0 aliphatic carbocycles. The van der Waals surface area contributed by atoms with Crippen LogP contribution in [-0.4, -0.2) is 29.0 Å². The van der Waals surface area contributed by atoms with E-state index in [2.05, 4.69) is 26.3 Å². The SMILES string of the molecule is Cc1cc(C)cc(NC(=O)[C@@H]2CCCN(c3ncc(-c4ccccc4)cn3)C2)c1. The minimum atomic E-state index is -0.0676. The molecule has 0 saturated carbocycles. The number of aryl methyl sites for hydroxylation is 2. The first-order chi connectivity index (χ1) is 14.1. The number of amides is 1. The lowest BCUT2D eigenvalue weighted by Crippen LogP contribution is -2.41. The molecule has 1 aliphatic rings. The van der Waals surface area contributed by atoms with Crippen LogP contribution in [0, 0.1) is 19.8 Å². The second-order valence-corrected chi connectivity index (χ2v) is 7.79. The molecule has 1 aliphatic heterocycles. The van der Waals surface area contributed by atoms with Crippen LogP contribution in [0.4, 0.5) is 11.6 Å². The molecule has 0 bridgehead atoms. The molecular formula is C24H26N4O. The number of rotatable bonds is 4. The van der Waals surface area contributed by atoms with E-state index in [4.69, 9.17) is 0 Å². The zero-order chi connectivity index (χ0) is 20.2. The van der Waals surface area contributed by atoms with Crippen LogP contribution in [0.15, 0.2) is 60.9 Å². The molecule has 3 aromatic rings. The Kier molecular flexibility index (Phi) is 5.56. The van der Waals surface area contributed by atoms with Gasteiger partial charge in [-0.3, -0.25) is 4.79 Å². The molecule has 5 nitrogen and oxygen atoms in total. The van der Waals surface area contributed by atoms with E-state index in [1.165, 1.54) is 0 Å². The summed E-state index contributed by atoms with van der Waals surface area (Å²) in [5.74, 6) is 0.691. The van der Waals surface area contributed by atoms with Gasteiger partial charge in [-0.1, -0.05) is 36.4 Å². The number of benzene rings is 2. The molecule has 1 saturated heterocycles. The number of hydrogen-bond donors (Lipinski definition) is 1. The summed E-state index contributed by atoms with van der Waals surface area (Å²) in [6, 6.07) is 16.2. The molecule has 4 rings (SSSR count). The van der Waals surface area contributed by atoms with Crippen molar-refractivity contribution in [1.29, 1.82) is 0 Å². The molecular weight excluding hydrogens is 360 g/mol. The fraction of sp³-hybridized carbons (Fsp3) is 0.292. The van der Waals surface area contributed by atoms with Crippen LogP contribution >= 0.6 is 0 Å². The molecule has 1 N–H and O–H groups in total. The summed E-state index contributed by atoms with van der Waals surface area (Å²) in [5, 5.41) is 3.09. The van der Waals surface area contributed by atoms with Crippen molar-refractivity contribution >= 4 is 17.5 Å². The Morgan fingerprint density at radius 3 is 2.38 bits per heavy atom. The van der Waals surface area contributed by atoms with Crippen LogP contribution in [0.25, 0.3) is 11.1 Å². The van der Waals surface area contributed by atoms with Gasteiger partial charge < -0.3 is 10.2 Å². The topological polar surface area (TPSA) is 58.1 Å². The molecule has 2 aromatic carbocycles. The monoisotopic (exact) mass is 386 g/mol. The Hall–Kier alpha value is -3.21. The molecule has 1 amide bonds. The largest absolute Gasteiger partial charge is 0.340 e. The molecule has 0 spiro atoms. The van der Waals surface area contributed by atoms with Gasteiger partial charge in [0.2, 0.25) is 11.9 Å². The van der Waals surface area contributed by atoms with Crippen molar-refractivity contribution in [2.75, 3.05) is 23.3 Å². The quantitative estimate of drug-likeness (QED) is 0.711. The first-order valence-electron chi connectivity index (χ1n) is 10.1. The van der Waals surface area contributed by atoms with E-state index in [1.807, 2.05) is 68.7 Å². The maximum Gasteiger partial charge on any atom is 0.229 e. The number of anilines is 2. The molecule has 1 aromatic heterocycles. The van der Waals surface area contributed by atoms with Crippen LogP contribution < -0.4 is 10.2 Å². The summed E-state index contributed by atoms with van der Waals surface area (Å²) in [4.78, 5) is 24.1. The van der Waals surface area contributed by atoms with Crippen LogP contribution in [0.3, 0.4) is 0 Å². The Balaban J connectivity index is 1.43. The van der Waals surface area contributed by atoms with E-state index in [0.29, 0.717) is 12.5 Å². The Labute approximate surface area is 171 Å². The van der Waals surface area contributed by atoms with E-state index in [1.54, 1.807) is 0 Å². The highest BCUT2D eigenvalue weighted by molar-refractivity contribution is 5.93. The second kappa shape index (κ2) is 8.43. The van der Waals surface area contributed by atoms with E-state index in [0.717, 1.165) is 47.3 Å². The number of nitrogens with zero attached hydrogens (tertiary/aromatic N) is 3. The summed E-state index contributed by atoms with van der Waals surface area (Å²) in [5.41, 5.74) is 5.27. The lowest BCUT2D eigenvalue weighted by molar-refractivity contribution is -0.120. The van der Waals surface area contributed by atoms with Crippen molar-refractivity contribution in [3.63, 3.8) is 0 Å². The van der Waals surface area contributed by atoms with Gasteiger partial charge in [-0.2, -0.15) is 0 Å². The van der Waals surface area contributed by atoms with Gasteiger partial charge in [0.1, 0.15) is 0 Å². The minimum absolute atomic E-state index is 0.0676. The summed E-state index contributed by atoms with van der Waals surface area (Å²) in [6.45, 7) is 5.60. The molecule has 148 valence electrons. The van der Waals surface area contributed by atoms with E-state index in [-0.39, 0.29) is 11.8 Å². The number of nitrogens with one attached hydrogen (secondary N) is 1. The third-order valence-corrected chi connectivity index (χ3v) is 5.31. The maximum atomic E-state index is 12.8. The Morgan fingerprint density at radius 2 is 1.69 bits per heavy atom. The van der Waals surface area contributed by atoms with Gasteiger partial charge in [-0.05, 0) is 55.5 Å². The number of carbonyl (C=O) groups is 1. The van der Waals surface area contributed by atoms with Gasteiger partial charge >= 0.3 is 0 Å². The zero-order valence-corrected chi connectivity index (χ0v) is 16.9. The third-order valence-electron chi connectivity index (χ3n) is 5.31. The van der Waals surface area contributed by atoms with Gasteiger partial charge in [0, 0.05) is 36.7 Å². The minimum Gasteiger partial charge on any atom is -0.340 e. The Bertz CT molecular complexity index is 965. The summed E-state index contributed by atoms with van der Waals surface area (Å²) in [7, 11) is 0. The van der Waals surface area contributed by atoms with Crippen molar-refractivity contribution in [2.24, 2.45) is 5.92 Å². The number of piperidine rings is 1. The lowest BCUT2D eigenvalue weighted by Gasteiger charge is -2.32. The second-order valence-electron chi connectivity index (χ2n) is 7.79. The molecule has 5 heteroatoms. The predicted octanol–water partition coefficient (Wildman–Crippen LogP) is 4.62.